The third-order valence-electron chi connectivity index (χ3n) is 3.49. The van der Waals surface area contributed by atoms with Crippen LogP contribution in [0.1, 0.15) is 21.6 Å². The van der Waals surface area contributed by atoms with Gasteiger partial charge < -0.3 is 10.6 Å². The fourth-order valence-corrected chi connectivity index (χ4v) is 2.85. The molecule has 0 aliphatic rings. The molecular weight excluding hydrogens is 380 g/mol. The lowest BCUT2D eigenvalue weighted by molar-refractivity contribution is 0.102. The summed E-state index contributed by atoms with van der Waals surface area (Å²) in [5.74, 6) is 0.0857. The van der Waals surface area contributed by atoms with E-state index in [-0.39, 0.29) is 11.6 Å². The molecule has 0 bridgehead atoms. The maximum Gasteiger partial charge on any atom is 0.274 e. The number of nitrogens with zero attached hydrogens (tertiary/aromatic N) is 2. The quantitative estimate of drug-likeness (QED) is 0.661. The monoisotopic (exact) mass is 396 g/mol. The molecule has 0 unspecified atom stereocenters. The largest absolute Gasteiger partial charge is 0.324 e. The Kier molecular flexibility index (Phi) is 5.09. The second-order valence-corrected chi connectivity index (χ2v) is 6.56. The number of benzene rings is 2. The molecule has 3 aromatic rings. The predicted octanol–water partition coefficient (Wildman–Crippen LogP) is 4.85. The highest BCUT2D eigenvalue weighted by molar-refractivity contribution is 9.10. The zero-order valence-electron chi connectivity index (χ0n) is 13.9. The molecule has 2 N–H and O–H groups in total. The molecule has 5 nitrogen and oxygen atoms in total. The fourth-order valence-electron chi connectivity index (χ4n) is 2.47. The van der Waals surface area contributed by atoms with Crippen molar-refractivity contribution in [3.05, 3.63) is 76.0 Å². The Balaban J connectivity index is 1.79. The van der Waals surface area contributed by atoms with Crippen molar-refractivity contribution >= 4 is 39.2 Å². The Morgan fingerprint density at radius 3 is 2.48 bits per heavy atom. The number of aryl methyl sites for hydroxylation is 2. The maximum atomic E-state index is 12.4. The molecule has 0 fully saturated rings. The number of aromatic nitrogens is 2. The minimum Gasteiger partial charge on any atom is -0.324 e. The van der Waals surface area contributed by atoms with Gasteiger partial charge in [0.05, 0.1) is 5.69 Å². The highest BCUT2D eigenvalue weighted by atomic mass is 79.9. The number of para-hydroxylation sites is 1. The van der Waals surface area contributed by atoms with E-state index in [4.69, 9.17) is 0 Å². The highest BCUT2D eigenvalue weighted by Crippen LogP contribution is 2.22. The van der Waals surface area contributed by atoms with Crippen molar-refractivity contribution in [2.24, 2.45) is 0 Å². The molecule has 0 aliphatic heterocycles. The first-order chi connectivity index (χ1) is 12.0. The Bertz CT molecular complexity index is 907. The van der Waals surface area contributed by atoms with Crippen LogP contribution in [0.5, 0.6) is 0 Å². The fraction of sp³-hybridized carbons (Fsp3) is 0.105. The van der Waals surface area contributed by atoms with E-state index in [1.165, 1.54) is 0 Å². The molecule has 2 aromatic carbocycles. The number of hydrogen-bond acceptors (Lipinski definition) is 4. The summed E-state index contributed by atoms with van der Waals surface area (Å²) in [6.07, 6.45) is 1.56. The summed E-state index contributed by atoms with van der Waals surface area (Å²) < 4.78 is 0.811. The van der Waals surface area contributed by atoms with E-state index in [1.807, 2.05) is 50.2 Å². The molecule has 0 radical (unpaired) electrons. The van der Waals surface area contributed by atoms with Gasteiger partial charge in [-0.15, -0.1) is 0 Å². The molecule has 126 valence electrons. The Morgan fingerprint density at radius 1 is 1.04 bits per heavy atom. The van der Waals surface area contributed by atoms with Crippen LogP contribution in [0.15, 0.2) is 59.2 Å². The number of nitrogens with one attached hydrogen (secondary N) is 2. The van der Waals surface area contributed by atoms with Crippen molar-refractivity contribution in [1.82, 2.24) is 9.97 Å². The van der Waals surface area contributed by atoms with Crippen LogP contribution in [0.4, 0.5) is 17.3 Å². The van der Waals surface area contributed by atoms with Gasteiger partial charge in [-0.3, -0.25) is 4.79 Å². The zero-order valence-corrected chi connectivity index (χ0v) is 15.5. The smallest absolute Gasteiger partial charge is 0.274 e. The molecular formula is C19H17BrN4O. The lowest BCUT2D eigenvalue weighted by Crippen LogP contribution is -2.15. The number of carbonyl (C=O) groups is 1. The Hall–Kier alpha value is -2.73. The first-order valence-corrected chi connectivity index (χ1v) is 8.55. The summed E-state index contributed by atoms with van der Waals surface area (Å²) in [4.78, 5) is 20.9. The summed E-state index contributed by atoms with van der Waals surface area (Å²) in [6, 6.07) is 15.1. The van der Waals surface area contributed by atoms with Gasteiger partial charge in [-0.1, -0.05) is 18.2 Å². The highest BCUT2D eigenvalue weighted by Gasteiger charge is 2.11. The van der Waals surface area contributed by atoms with Crippen molar-refractivity contribution in [2.75, 3.05) is 10.6 Å². The van der Waals surface area contributed by atoms with Crippen molar-refractivity contribution < 1.29 is 4.79 Å². The lowest BCUT2D eigenvalue weighted by Gasteiger charge is -2.09. The molecule has 1 aromatic heterocycles. The van der Waals surface area contributed by atoms with Gasteiger partial charge in [0, 0.05) is 16.4 Å². The zero-order chi connectivity index (χ0) is 17.8. The Labute approximate surface area is 154 Å². The second-order valence-electron chi connectivity index (χ2n) is 5.70. The van der Waals surface area contributed by atoms with Crippen LogP contribution in [-0.4, -0.2) is 15.9 Å². The van der Waals surface area contributed by atoms with Gasteiger partial charge in [-0.25, -0.2) is 9.97 Å². The minimum absolute atomic E-state index is 0.289. The van der Waals surface area contributed by atoms with E-state index in [0.717, 1.165) is 21.3 Å². The van der Waals surface area contributed by atoms with Crippen LogP contribution >= 0.6 is 15.9 Å². The van der Waals surface area contributed by atoms with E-state index < -0.39 is 0 Å². The number of amides is 1. The normalized spacial score (nSPS) is 10.4. The van der Waals surface area contributed by atoms with E-state index in [2.05, 4.69) is 42.6 Å². The van der Waals surface area contributed by atoms with Gasteiger partial charge in [-0.05, 0) is 71.2 Å². The molecule has 0 aliphatic carbocycles. The van der Waals surface area contributed by atoms with E-state index >= 15 is 0 Å². The molecule has 1 amide bonds. The number of carbonyl (C=O) groups excluding carboxylic acids is 1. The van der Waals surface area contributed by atoms with Gasteiger partial charge in [0.1, 0.15) is 5.69 Å². The summed E-state index contributed by atoms with van der Waals surface area (Å²) in [6.45, 7) is 4.06. The number of anilines is 3. The number of hydrogen-bond donors (Lipinski definition) is 2. The standard InChI is InChI=1S/C19H17BrN4O/c1-12-9-13(2)11-14(10-12)22-19-21-8-7-17(24-19)18(25)23-16-6-4-3-5-15(16)20/h3-11H,1-2H3,(H,23,25)(H,21,22,24). The second kappa shape index (κ2) is 7.44. The first kappa shape index (κ1) is 17.1. The number of rotatable bonds is 4. The molecule has 3 rings (SSSR count). The van der Waals surface area contributed by atoms with Crippen molar-refractivity contribution in [2.45, 2.75) is 13.8 Å². The third kappa shape index (κ3) is 4.42. The SMILES string of the molecule is Cc1cc(C)cc(Nc2nccc(C(=O)Nc3ccccc3Br)n2)c1. The van der Waals surface area contributed by atoms with Gasteiger partial charge in [0.2, 0.25) is 5.95 Å². The average Bonchev–Trinajstić information content (AvgIpc) is 2.56. The van der Waals surface area contributed by atoms with E-state index in [0.29, 0.717) is 11.6 Å². The third-order valence-corrected chi connectivity index (χ3v) is 4.18. The van der Waals surface area contributed by atoms with E-state index in [1.54, 1.807) is 12.3 Å². The number of halogens is 1. The minimum atomic E-state index is -0.294. The summed E-state index contributed by atoms with van der Waals surface area (Å²) in [7, 11) is 0. The van der Waals surface area contributed by atoms with E-state index in [9.17, 15) is 4.79 Å². The summed E-state index contributed by atoms with van der Waals surface area (Å²) >= 11 is 3.41. The van der Waals surface area contributed by atoms with Crippen LogP contribution in [-0.2, 0) is 0 Å². The summed E-state index contributed by atoms with van der Waals surface area (Å²) in [5, 5.41) is 5.98. The van der Waals surface area contributed by atoms with Crippen LogP contribution in [0.2, 0.25) is 0 Å². The van der Waals surface area contributed by atoms with Crippen molar-refractivity contribution in [3.8, 4) is 0 Å². The molecule has 1 heterocycles. The van der Waals surface area contributed by atoms with Crippen molar-refractivity contribution in [3.63, 3.8) is 0 Å². The van der Waals surface area contributed by atoms with Crippen LogP contribution in [0.3, 0.4) is 0 Å². The van der Waals surface area contributed by atoms with Gasteiger partial charge in [0.15, 0.2) is 0 Å². The van der Waals surface area contributed by atoms with Crippen molar-refractivity contribution in [1.29, 1.82) is 0 Å². The van der Waals surface area contributed by atoms with Crippen LogP contribution < -0.4 is 10.6 Å². The molecule has 0 saturated heterocycles. The van der Waals surface area contributed by atoms with Gasteiger partial charge >= 0.3 is 0 Å². The average molecular weight is 397 g/mol. The first-order valence-electron chi connectivity index (χ1n) is 7.75. The molecule has 6 heteroatoms. The topological polar surface area (TPSA) is 66.9 Å². The maximum absolute atomic E-state index is 12.4. The molecule has 0 atom stereocenters. The summed E-state index contributed by atoms with van der Waals surface area (Å²) in [5.41, 5.74) is 4.16. The van der Waals surface area contributed by atoms with Gasteiger partial charge in [-0.2, -0.15) is 0 Å². The molecule has 25 heavy (non-hydrogen) atoms. The molecule has 0 spiro atoms. The van der Waals surface area contributed by atoms with Crippen LogP contribution in [0, 0.1) is 13.8 Å². The Morgan fingerprint density at radius 2 is 1.76 bits per heavy atom. The lowest BCUT2D eigenvalue weighted by atomic mass is 10.1. The molecule has 0 saturated carbocycles. The predicted molar refractivity (Wildman–Crippen MR) is 103 cm³/mol. The van der Waals surface area contributed by atoms with Crippen LogP contribution in [0.25, 0.3) is 0 Å². The van der Waals surface area contributed by atoms with Gasteiger partial charge in [0.25, 0.3) is 5.91 Å².